The third-order valence-corrected chi connectivity index (χ3v) is 4.70. The fourth-order valence-corrected chi connectivity index (χ4v) is 3.35. The van der Waals surface area contributed by atoms with Gasteiger partial charge in [-0.3, -0.25) is 8.98 Å². The summed E-state index contributed by atoms with van der Waals surface area (Å²) in [5.41, 5.74) is 0.538. The molecule has 0 aliphatic carbocycles. The van der Waals surface area contributed by atoms with Crippen molar-refractivity contribution < 1.29 is 36.0 Å². The molecule has 0 bridgehead atoms. The number of ether oxygens (including phenoxy) is 3. The van der Waals surface area contributed by atoms with Gasteiger partial charge in [0.05, 0.1) is 13.2 Å². The molecule has 2 fully saturated rings. The van der Waals surface area contributed by atoms with E-state index in [2.05, 4.69) is 0 Å². The van der Waals surface area contributed by atoms with Gasteiger partial charge in [-0.05, 0) is 0 Å². The summed E-state index contributed by atoms with van der Waals surface area (Å²) in [6.07, 6.45) is -2.63. The molecule has 24 heavy (non-hydrogen) atoms. The smallest absolute Gasteiger partial charge is 0.297 e. The van der Waals surface area contributed by atoms with Crippen molar-refractivity contribution in [1.82, 2.24) is 0 Å². The Balaban J connectivity index is 1.54. The fourth-order valence-electron chi connectivity index (χ4n) is 2.76. The Morgan fingerprint density at radius 2 is 1.75 bits per heavy atom. The van der Waals surface area contributed by atoms with Crippen molar-refractivity contribution in [1.29, 1.82) is 0 Å². The summed E-state index contributed by atoms with van der Waals surface area (Å²) in [6.45, 7) is -0.0348. The van der Waals surface area contributed by atoms with Gasteiger partial charge in [-0.25, -0.2) is 4.39 Å². The van der Waals surface area contributed by atoms with Crippen LogP contribution in [0.2, 0.25) is 0 Å². The van der Waals surface area contributed by atoms with Crippen LogP contribution < -0.4 is 0 Å². The lowest BCUT2D eigenvalue weighted by atomic mass is 10.1. The minimum Gasteiger partial charge on any atom is -0.370 e. The summed E-state index contributed by atoms with van der Waals surface area (Å²) < 4.78 is 56.0. The third-order valence-electron chi connectivity index (χ3n) is 3.89. The summed E-state index contributed by atoms with van der Waals surface area (Å²) in [7, 11) is -4.24. The first-order chi connectivity index (χ1) is 11.5. The van der Waals surface area contributed by atoms with Gasteiger partial charge in [0.2, 0.25) is 6.01 Å². The van der Waals surface area contributed by atoms with E-state index >= 15 is 0 Å². The van der Waals surface area contributed by atoms with Crippen molar-refractivity contribution in [3.05, 3.63) is 35.9 Å². The number of carbonyl (C=O) groups is 1. The van der Waals surface area contributed by atoms with Crippen molar-refractivity contribution in [3.8, 4) is 0 Å². The van der Waals surface area contributed by atoms with Crippen molar-refractivity contribution in [2.24, 2.45) is 0 Å². The Kier molecular flexibility index (Phi) is 5.26. The lowest BCUT2D eigenvalue weighted by molar-refractivity contribution is -0.0292. The first-order valence-electron chi connectivity index (χ1n) is 7.40. The van der Waals surface area contributed by atoms with Gasteiger partial charge in [0, 0.05) is 5.56 Å². The lowest BCUT2D eigenvalue weighted by Gasteiger charge is -2.16. The number of hydrogen-bond donors (Lipinski definition) is 0. The number of Topliss-reactive ketones (excluding diaryl/α,β-unsaturated/α-hetero) is 1. The molecule has 0 saturated carbocycles. The summed E-state index contributed by atoms with van der Waals surface area (Å²) in [5, 5.41) is 0. The average molecular weight is 360 g/mol. The SMILES string of the molecule is O=C(CO[C@H]1COC2[C@@H](OS(=O)(=O)CF)CO[C@@H]21)c1ccccc1. The van der Waals surface area contributed by atoms with Crippen molar-refractivity contribution in [3.63, 3.8) is 0 Å². The number of benzene rings is 1. The maximum absolute atomic E-state index is 12.4. The Labute approximate surface area is 138 Å². The molecular formula is C15H17FO7S. The minimum atomic E-state index is -4.24. The van der Waals surface area contributed by atoms with Crippen LogP contribution in [0.15, 0.2) is 30.3 Å². The molecule has 2 saturated heterocycles. The largest absolute Gasteiger partial charge is 0.370 e. The van der Waals surface area contributed by atoms with Gasteiger partial charge in [0.15, 0.2) is 5.78 Å². The molecule has 9 heteroatoms. The van der Waals surface area contributed by atoms with E-state index in [0.717, 1.165) is 0 Å². The molecule has 3 rings (SSSR count). The molecule has 2 aliphatic heterocycles. The minimum absolute atomic E-state index is 0.0406. The fraction of sp³-hybridized carbons (Fsp3) is 0.533. The highest BCUT2D eigenvalue weighted by Crippen LogP contribution is 2.31. The highest BCUT2D eigenvalue weighted by atomic mass is 32.2. The molecule has 0 amide bonds. The highest BCUT2D eigenvalue weighted by Gasteiger charge is 2.50. The maximum atomic E-state index is 12.4. The first kappa shape index (κ1) is 17.4. The molecule has 0 radical (unpaired) electrons. The standard InChI is InChI=1S/C15H17FO7S/c16-9-24(18,19)23-13-8-22-14-12(7-21-15(13)14)20-6-11(17)10-4-2-1-3-5-10/h1-5,12-15H,6-9H2/t12-,13-,14+,15?/m0/s1. The van der Waals surface area contributed by atoms with Crippen molar-refractivity contribution >= 4 is 15.9 Å². The van der Waals surface area contributed by atoms with Gasteiger partial charge < -0.3 is 14.2 Å². The van der Waals surface area contributed by atoms with E-state index in [4.69, 9.17) is 18.4 Å². The molecule has 7 nitrogen and oxygen atoms in total. The van der Waals surface area contributed by atoms with Gasteiger partial charge in [-0.1, -0.05) is 30.3 Å². The summed E-state index contributed by atoms with van der Waals surface area (Å²) in [4.78, 5) is 12.0. The number of ketones is 1. The van der Waals surface area contributed by atoms with Crippen LogP contribution in [0.25, 0.3) is 0 Å². The van der Waals surface area contributed by atoms with Crippen LogP contribution >= 0.6 is 0 Å². The molecule has 2 heterocycles. The zero-order chi connectivity index (χ0) is 17.2. The molecule has 0 aromatic heterocycles. The lowest BCUT2D eigenvalue weighted by Crippen LogP contribution is -2.35. The number of alkyl halides is 1. The quantitative estimate of drug-likeness (QED) is 0.522. The molecular weight excluding hydrogens is 343 g/mol. The number of rotatable bonds is 7. The number of carbonyl (C=O) groups excluding carboxylic acids is 1. The van der Waals surface area contributed by atoms with Crippen LogP contribution in [0.5, 0.6) is 0 Å². The normalized spacial score (nSPS) is 29.5. The van der Waals surface area contributed by atoms with E-state index in [0.29, 0.717) is 5.56 Å². The summed E-state index contributed by atoms with van der Waals surface area (Å²) >= 11 is 0. The Bertz CT molecular complexity index is 678. The molecule has 0 N–H and O–H groups in total. The van der Waals surface area contributed by atoms with E-state index in [1.165, 1.54) is 0 Å². The van der Waals surface area contributed by atoms with E-state index in [-0.39, 0.29) is 25.6 Å². The van der Waals surface area contributed by atoms with Crippen molar-refractivity contribution in [2.45, 2.75) is 24.4 Å². The summed E-state index contributed by atoms with van der Waals surface area (Å²) in [6, 6.07) is 7.11. The van der Waals surface area contributed by atoms with Gasteiger partial charge in [-0.15, -0.1) is 0 Å². The second-order valence-electron chi connectivity index (χ2n) is 5.54. The van der Waals surface area contributed by atoms with Crippen LogP contribution in [0.1, 0.15) is 10.4 Å². The van der Waals surface area contributed by atoms with Crippen LogP contribution in [-0.4, -0.2) is 64.4 Å². The molecule has 2 aliphatic rings. The zero-order valence-electron chi connectivity index (χ0n) is 12.7. The molecule has 0 spiro atoms. The van der Waals surface area contributed by atoms with Gasteiger partial charge in [0.1, 0.15) is 31.0 Å². The molecule has 1 aromatic carbocycles. The Morgan fingerprint density at radius 1 is 1.12 bits per heavy atom. The van der Waals surface area contributed by atoms with E-state index < -0.39 is 40.5 Å². The van der Waals surface area contributed by atoms with Crippen LogP contribution in [-0.2, 0) is 28.5 Å². The van der Waals surface area contributed by atoms with Crippen molar-refractivity contribution in [2.75, 3.05) is 25.8 Å². The predicted octanol–water partition coefficient (Wildman–Crippen LogP) is 0.694. The predicted molar refractivity (Wildman–Crippen MR) is 79.8 cm³/mol. The van der Waals surface area contributed by atoms with Gasteiger partial charge in [-0.2, -0.15) is 8.42 Å². The first-order valence-corrected chi connectivity index (χ1v) is 8.98. The Morgan fingerprint density at radius 3 is 2.42 bits per heavy atom. The number of hydrogen-bond acceptors (Lipinski definition) is 7. The average Bonchev–Trinajstić information content (AvgIpc) is 3.16. The molecule has 1 aromatic rings. The number of fused-ring (bicyclic) bond motifs is 1. The highest BCUT2D eigenvalue weighted by molar-refractivity contribution is 7.86. The monoisotopic (exact) mass is 360 g/mol. The van der Waals surface area contributed by atoms with Crippen LogP contribution in [0.4, 0.5) is 4.39 Å². The van der Waals surface area contributed by atoms with Gasteiger partial charge in [0.25, 0.3) is 10.1 Å². The van der Waals surface area contributed by atoms with E-state index in [1.807, 2.05) is 6.07 Å². The zero-order valence-corrected chi connectivity index (χ0v) is 13.5. The van der Waals surface area contributed by atoms with Crippen LogP contribution in [0, 0.1) is 0 Å². The summed E-state index contributed by atoms with van der Waals surface area (Å²) in [5.74, 6) is -0.176. The van der Waals surface area contributed by atoms with Gasteiger partial charge >= 0.3 is 0 Å². The number of halogens is 1. The second-order valence-corrected chi connectivity index (χ2v) is 7.06. The van der Waals surface area contributed by atoms with E-state index in [1.54, 1.807) is 24.3 Å². The van der Waals surface area contributed by atoms with Crippen LogP contribution in [0.3, 0.4) is 0 Å². The molecule has 4 atom stereocenters. The molecule has 1 unspecified atom stereocenters. The second kappa shape index (κ2) is 7.24. The van der Waals surface area contributed by atoms with E-state index in [9.17, 15) is 17.6 Å². The third kappa shape index (κ3) is 3.81. The maximum Gasteiger partial charge on any atom is 0.297 e. The topological polar surface area (TPSA) is 88.1 Å². The molecule has 132 valence electrons. The Hall–Kier alpha value is -1.39.